The van der Waals surface area contributed by atoms with Gasteiger partial charge in [-0.2, -0.15) is 4.98 Å². The van der Waals surface area contributed by atoms with Gasteiger partial charge in [-0.3, -0.25) is 4.57 Å². The number of aliphatic hydroxyl groups is 1. The molecule has 3 N–H and O–H groups in total. The monoisotopic (exact) mass is 245 g/mol. The molecule has 2 heterocycles. The highest BCUT2D eigenvalue weighted by molar-refractivity contribution is 6.21. The Hall–Kier alpha value is -1.11. The summed E-state index contributed by atoms with van der Waals surface area (Å²) in [6, 6.07) is 1.50. The fraction of sp³-hybridized carbons (Fsp3) is 0.556. The first-order chi connectivity index (χ1) is 7.61. The van der Waals surface area contributed by atoms with Gasteiger partial charge in [0.05, 0.1) is 18.1 Å². The van der Waals surface area contributed by atoms with Gasteiger partial charge < -0.3 is 15.6 Å². The smallest absolute Gasteiger partial charge is 0.351 e. The zero-order valence-corrected chi connectivity index (χ0v) is 9.17. The molecule has 0 unspecified atom stereocenters. The van der Waals surface area contributed by atoms with Crippen LogP contribution in [0.5, 0.6) is 0 Å². The van der Waals surface area contributed by atoms with Crippen LogP contribution in [0.4, 0.5) is 5.82 Å². The van der Waals surface area contributed by atoms with Gasteiger partial charge in [0.15, 0.2) is 6.23 Å². The number of ether oxygens (including phenoxy) is 1. The summed E-state index contributed by atoms with van der Waals surface area (Å²) in [7, 11) is 0. The molecule has 1 aromatic rings. The van der Waals surface area contributed by atoms with Crippen LogP contribution in [0.25, 0.3) is 0 Å². The van der Waals surface area contributed by atoms with E-state index in [1.54, 1.807) is 0 Å². The van der Waals surface area contributed by atoms with Gasteiger partial charge in [0.1, 0.15) is 5.82 Å². The lowest BCUT2D eigenvalue weighted by Crippen LogP contribution is -2.30. The summed E-state index contributed by atoms with van der Waals surface area (Å²) >= 11 is 6.04. The molecule has 0 radical (unpaired) electrons. The van der Waals surface area contributed by atoms with E-state index in [2.05, 4.69) is 4.98 Å². The number of aromatic nitrogens is 2. The number of hydrogen-bond acceptors (Lipinski definition) is 5. The second-order valence-corrected chi connectivity index (χ2v) is 4.19. The maximum absolute atomic E-state index is 11.5. The fourth-order valence-corrected chi connectivity index (χ4v) is 2.06. The zero-order valence-electron chi connectivity index (χ0n) is 8.41. The third kappa shape index (κ3) is 2.04. The number of nitrogen functional groups attached to an aromatic ring is 1. The topological polar surface area (TPSA) is 90.4 Å². The number of nitrogens with two attached hydrogens (primary N) is 1. The molecule has 1 fully saturated rings. The highest BCUT2D eigenvalue weighted by Crippen LogP contribution is 2.31. The van der Waals surface area contributed by atoms with E-state index in [0.717, 1.165) is 0 Å². The molecule has 0 spiro atoms. The van der Waals surface area contributed by atoms with E-state index in [4.69, 9.17) is 27.2 Å². The Morgan fingerprint density at radius 1 is 1.75 bits per heavy atom. The Balaban J connectivity index is 2.28. The number of nitrogens with zero attached hydrogens (tertiary/aromatic N) is 2. The van der Waals surface area contributed by atoms with Crippen molar-refractivity contribution in [3.8, 4) is 0 Å². The van der Waals surface area contributed by atoms with Gasteiger partial charge in [-0.1, -0.05) is 0 Å². The van der Waals surface area contributed by atoms with Crippen molar-refractivity contribution in [3.63, 3.8) is 0 Å². The molecule has 1 aliphatic heterocycles. The standard InChI is InChI=1S/C9H12ClN3O3/c10-6-3-5(4-14)16-8(6)13-2-1-7(11)12-9(13)15/h1-2,5-6,8,14H,3-4H2,(H2,11,12,15)/t5-,6-,8+/m0/s1. The molecule has 1 aliphatic rings. The highest BCUT2D eigenvalue weighted by atomic mass is 35.5. The van der Waals surface area contributed by atoms with Gasteiger partial charge in [-0.05, 0) is 12.5 Å². The Kier molecular flexibility index (Phi) is 3.13. The maximum Gasteiger partial charge on any atom is 0.351 e. The average molecular weight is 246 g/mol. The van der Waals surface area contributed by atoms with E-state index >= 15 is 0 Å². The van der Waals surface area contributed by atoms with E-state index in [-0.39, 0.29) is 23.9 Å². The lowest BCUT2D eigenvalue weighted by Gasteiger charge is -2.16. The van der Waals surface area contributed by atoms with Gasteiger partial charge in [0, 0.05) is 6.20 Å². The third-order valence-corrected chi connectivity index (χ3v) is 2.85. The quantitative estimate of drug-likeness (QED) is 0.699. The van der Waals surface area contributed by atoms with Gasteiger partial charge in [0.25, 0.3) is 0 Å². The number of hydrogen-bond donors (Lipinski definition) is 2. The van der Waals surface area contributed by atoms with Crippen LogP contribution in [0.2, 0.25) is 0 Å². The van der Waals surface area contributed by atoms with Gasteiger partial charge in [0.2, 0.25) is 0 Å². The molecule has 88 valence electrons. The number of aliphatic hydroxyl groups excluding tert-OH is 1. The molecule has 1 aromatic heterocycles. The minimum absolute atomic E-state index is 0.114. The first-order valence-electron chi connectivity index (χ1n) is 4.87. The lowest BCUT2D eigenvalue weighted by atomic mass is 10.2. The van der Waals surface area contributed by atoms with E-state index in [9.17, 15) is 4.79 Å². The number of rotatable bonds is 2. The van der Waals surface area contributed by atoms with Crippen LogP contribution in [0.1, 0.15) is 12.6 Å². The van der Waals surface area contributed by atoms with Crippen LogP contribution >= 0.6 is 11.6 Å². The Bertz CT molecular complexity index is 436. The van der Waals surface area contributed by atoms with Crippen molar-refractivity contribution in [1.82, 2.24) is 9.55 Å². The van der Waals surface area contributed by atoms with E-state index in [0.29, 0.717) is 6.42 Å². The zero-order chi connectivity index (χ0) is 11.7. The molecule has 0 aromatic carbocycles. The molecule has 0 bridgehead atoms. The van der Waals surface area contributed by atoms with Crippen LogP contribution in [-0.4, -0.2) is 32.7 Å². The Labute approximate surface area is 96.6 Å². The summed E-state index contributed by atoms with van der Waals surface area (Å²) in [6.07, 6.45) is 1.06. The van der Waals surface area contributed by atoms with E-state index in [1.807, 2.05) is 0 Å². The summed E-state index contributed by atoms with van der Waals surface area (Å²) in [5, 5.41) is 8.59. The number of alkyl halides is 1. The summed E-state index contributed by atoms with van der Waals surface area (Å²) in [5.74, 6) is 0.157. The van der Waals surface area contributed by atoms with Crippen LogP contribution in [0.3, 0.4) is 0 Å². The SMILES string of the molecule is Nc1ccn([C@@H]2O[C@H](CO)C[C@@H]2Cl)c(=O)n1. The van der Waals surface area contributed by atoms with Crippen LogP contribution in [-0.2, 0) is 4.74 Å². The molecule has 16 heavy (non-hydrogen) atoms. The Morgan fingerprint density at radius 2 is 2.50 bits per heavy atom. The molecule has 6 nitrogen and oxygen atoms in total. The first kappa shape index (κ1) is 11.4. The molecule has 1 saturated heterocycles. The number of halogens is 1. The van der Waals surface area contributed by atoms with Crippen LogP contribution in [0, 0.1) is 0 Å². The molecule has 0 aliphatic carbocycles. The molecule has 2 rings (SSSR count). The molecule has 7 heteroatoms. The van der Waals surface area contributed by atoms with Crippen molar-refractivity contribution in [2.75, 3.05) is 12.3 Å². The highest BCUT2D eigenvalue weighted by Gasteiger charge is 2.35. The normalized spacial score (nSPS) is 29.5. The van der Waals surface area contributed by atoms with Crippen molar-refractivity contribution >= 4 is 17.4 Å². The predicted octanol–water partition coefficient (Wildman–Crippen LogP) is -0.287. The van der Waals surface area contributed by atoms with E-state index in [1.165, 1.54) is 16.8 Å². The largest absolute Gasteiger partial charge is 0.394 e. The van der Waals surface area contributed by atoms with Crippen molar-refractivity contribution in [3.05, 3.63) is 22.7 Å². The molecule has 3 atom stereocenters. The summed E-state index contributed by atoms with van der Waals surface area (Å²) in [5.41, 5.74) is 4.87. The lowest BCUT2D eigenvalue weighted by molar-refractivity contribution is -0.0237. The van der Waals surface area contributed by atoms with Crippen molar-refractivity contribution in [1.29, 1.82) is 0 Å². The minimum Gasteiger partial charge on any atom is -0.394 e. The van der Waals surface area contributed by atoms with E-state index < -0.39 is 11.9 Å². The van der Waals surface area contributed by atoms with Crippen molar-refractivity contribution in [2.24, 2.45) is 0 Å². The van der Waals surface area contributed by atoms with Crippen LogP contribution < -0.4 is 11.4 Å². The van der Waals surface area contributed by atoms with Gasteiger partial charge >= 0.3 is 5.69 Å². The van der Waals surface area contributed by atoms with Gasteiger partial charge in [-0.25, -0.2) is 4.79 Å². The summed E-state index contributed by atoms with van der Waals surface area (Å²) < 4.78 is 6.71. The molecule has 0 saturated carbocycles. The fourth-order valence-electron chi connectivity index (χ4n) is 1.68. The predicted molar refractivity (Wildman–Crippen MR) is 58.2 cm³/mol. The first-order valence-corrected chi connectivity index (χ1v) is 5.30. The van der Waals surface area contributed by atoms with Crippen molar-refractivity contribution < 1.29 is 9.84 Å². The molecular formula is C9H12ClN3O3. The Morgan fingerprint density at radius 3 is 3.06 bits per heavy atom. The maximum atomic E-state index is 11.5. The molecular weight excluding hydrogens is 234 g/mol. The second kappa shape index (κ2) is 4.40. The number of anilines is 1. The summed E-state index contributed by atoms with van der Waals surface area (Å²) in [4.78, 5) is 15.1. The molecule has 0 amide bonds. The minimum atomic E-state index is -0.598. The van der Waals surface area contributed by atoms with Gasteiger partial charge in [-0.15, -0.1) is 11.6 Å². The van der Waals surface area contributed by atoms with Crippen LogP contribution in [0.15, 0.2) is 17.1 Å². The second-order valence-electron chi connectivity index (χ2n) is 3.63. The summed E-state index contributed by atoms with van der Waals surface area (Å²) in [6.45, 7) is -0.114. The average Bonchev–Trinajstić information content (AvgIpc) is 2.60. The van der Waals surface area contributed by atoms with Crippen molar-refractivity contribution in [2.45, 2.75) is 24.1 Å². The third-order valence-electron chi connectivity index (χ3n) is 2.46.